The molecule has 1 aliphatic carbocycles. The molecule has 2 rings (SSSR count). The minimum atomic E-state index is -0.118. The maximum atomic E-state index is 11.9. The summed E-state index contributed by atoms with van der Waals surface area (Å²) in [5, 5.41) is 3.57. The van der Waals surface area contributed by atoms with E-state index in [1.807, 2.05) is 0 Å². The van der Waals surface area contributed by atoms with Gasteiger partial charge in [-0.3, -0.25) is 9.78 Å². The molecule has 0 bridgehead atoms. The standard InChI is InChI=1S/C13H17ClN2O/c1-9-2-4-11(5-3-9)16-13(17)12-8-10(14)6-7-15-12/h6-9,11H,2-5H2,1H3,(H,16,17). The molecule has 1 aromatic heterocycles. The van der Waals surface area contributed by atoms with Crippen molar-refractivity contribution in [2.24, 2.45) is 5.92 Å². The fourth-order valence-corrected chi connectivity index (χ4v) is 2.35. The van der Waals surface area contributed by atoms with Crippen LogP contribution in [0.25, 0.3) is 0 Å². The summed E-state index contributed by atoms with van der Waals surface area (Å²) in [4.78, 5) is 15.9. The van der Waals surface area contributed by atoms with Gasteiger partial charge in [-0.2, -0.15) is 0 Å². The summed E-state index contributed by atoms with van der Waals surface area (Å²) in [7, 11) is 0. The van der Waals surface area contributed by atoms with E-state index in [1.165, 1.54) is 12.8 Å². The van der Waals surface area contributed by atoms with Gasteiger partial charge >= 0.3 is 0 Å². The summed E-state index contributed by atoms with van der Waals surface area (Å²) >= 11 is 5.83. The summed E-state index contributed by atoms with van der Waals surface area (Å²) < 4.78 is 0. The van der Waals surface area contributed by atoms with Crippen molar-refractivity contribution >= 4 is 17.5 Å². The van der Waals surface area contributed by atoms with Gasteiger partial charge in [0, 0.05) is 17.3 Å². The Labute approximate surface area is 107 Å². The number of nitrogens with zero attached hydrogens (tertiary/aromatic N) is 1. The van der Waals surface area contributed by atoms with Crippen molar-refractivity contribution in [3.63, 3.8) is 0 Å². The lowest BCUT2D eigenvalue weighted by Crippen LogP contribution is -2.37. The van der Waals surface area contributed by atoms with Crippen LogP contribution in [0.1, 0.15) is 43.1 Å². The zero-order valence-electron chi connectivity index (χ0n) is 9.95. The molecule has 4 heteroatoms. The van der Waals surface area contributed by atoms with Gasteiger partial charge in [0.1, 0.15) is 5.69 Å². The lowest BCUT2D eigenvalue weighted by atomic mass is 9.87. The molecule has 1 heterocycles. The quantitative estimate of drug-likeness (QED) is 0.879. The Morgan fingerprint density at radius 2 is 2.12 bits per heavy atom. The Morgan fingerprint density at radius 3 is 2.76 bits per heavy atom. The van der Waals surface area contributed by atoms with Crippen LogP contribution in [0, 0.1) is 5.92 Å². The van der Waals surface area contributed by atoms with Crippen LogP contribution in [-0.2, 0) is 0 Å². The van der Waals surface area contributed by atoms with Crippen LogP contribution in [0.3, 0.4) is 0 Å². The van der Waals surface area contributed by atoms with Gasteiger partial charge in [-0.15, -0.1) is 0 Å². The van der Waals surface area contributed by atoms with E-state index in [0.29, 0.717) is 16.8 Å². The Bertz CT molecular complexity index is 400. The van der Waals surface area contributed by atoms with Gasteiger partial charge in [0.05, 0.1) is 0 Å². The highest BCUT2D eigenvalue weighted by molar-refractivity contribution is 6.30. The van der Waals surface area contributed by atoms with Gasteiger partial charge in [-0.1, -0.05) is 18.5 Å². The third kappa shape index (κ3) is 3.43. The summed E-state index contributed by atoms with van der Waals surface area (Å²) in [6.07, 6.45) is 6.06. The zero-order chi connectivity index (χ0) is 12.3. The third-order valence-corrected chi connectivity index (χ3v) is 3.54. The number of pyridine rings is 1. The molecule has 17 heavy (non-hydrogen) atoms. The monoisotopic (exact) mass is 252 g/mol. The minimum Gasteiger partial charge on any atom is -0.348 e. The molecule has 1 saturated carbocycles. The highest BCUT2D eigenvalue weighted by atomic mass is 35.5. The second-order valence-electron chi connectivity index (χ2n) is 4.79. The first kappa shape index (κ1) is 12.4. The van der Waals surface area contributed by atoms with Crippen LogP contribution in [0.15, 0.2) is 18.3 Å². The van der Waals surface area contributed by atoms with Gasteiger partial charge in [0.2, 0.25) is 0 Å². The summed E-state index contributed by atoms with van der Waals surface area (Å²) in [6.45, 7) is 2.26. The minimum absolute atomic E-state index is 0.118. The van der Waals surface area contributed by atoms with E-state index in [1.54, 1.807) is 18.3 Å². The first-order valence-electron chi connectivity index (χ1n) is 6.07. The molecule has 0 spiro atoms. The van der Waals surface area contributed by atoms with Gasteiger partial charge < -0.3 is 5.32 Å². The molecule has 92 valence electrons. The lowest BCUT2D eigenvalue weighted by molar-refractivity contribution is 0.0918. The second-order valence-corrected chi connectivity index (χ2v) is 5.23. The fourth-order valence-electron chi connectivity index (χ4n) is 2.19. The van der Waals surface area contributed by atoms with Crippen LogP contribution in [0.2, 0.25) is 5.02 Å². The van der Waals surface area contributed by atoms with E-state index in [9.17, 15) is 4.79 Å². The fraction of sp³-hybridized carbons (Fsp3) is 0.538. The third-order valence-electron chi connectivity index (χ3n) is 3.31. The highest BCUT2D eigenvalue weighted by Crippen LogP contribution is 2.23. The van der Waals surface area contributed by atoms with Crippen LogP contribution >= 0.6 is 11.6 Å². The first-order valence-corrected chi connectivity index (χ1v) is 6.45. The van der Waals surface area contributed by atoms with Crippen molar-refractivity contribution in [3.05, 3.63) is 29.0 Å². The number of rotatable bonds is 2. The van der Waals surface area contributed by atoms with Gasteiger partial charge in [0.25, 0.3) is 5.91 Å². The van der Waals surface area contributed by atoms with Gasteiger partial charge in [-0.05, 0) is 43.7 Å². The molecule has 0 radical (unpaired) electrons. The van der Waals surface area contributed by atoms with E-state index in [2.05, 4.69) is 17.2 Å². The van der Waals surface area contributed by atoms with E-state index in [4.69, 9.17) is 11.6 Å². The van der Waals surface area contributed by atoms with E-state index < -0.39 is 0 Å². The maximum absolute atomic E-state index is 11.9. The molecule has 1 aromatic rings. The molecule has 1 amide bonds. The largest absolute Gasteiger partial charge is 0.348 e. The summed E-state index contributed by atoms with van der Waals surface area (Å²) in [5.41, 5.74) is 0.399. The first-order chi connectivity index (χ1) is 8.15. The average molecular weight is 253 g/mol. The van der Waals surface area contributed by atoms with Crippen molar-refractivity contribution in [2.45, 2.75) is 38.6 Å². The molecule has 0 unspecified atom stereocenters. The van der Waals surface area contributed by atoms with Crippen molar-refractivity contribution in [2.75, 3.05) is 0 Å². The van der Waals surface area contributed by atoms with Crippen molar-refractivity contribution < 1.29 is 4.79 Å². The SMILES string of the molecule is CC1CCC(NC(=O)c2cc(Cl)ccn2)CC1. The maximum Gasteiger partial charge on any atom is 0.270 e. The number of nitrogens with one attached hydrogen (secondary N) is 1. The van der Waals surface area contributed by atoms with E-state index in [-0.39, 0.29) is 5.91 Å². The molecule has 1 aliphatic rings. The van der Waals surface area contributed by atoms with Crippen LogP contribution in [0.5, 0.6) is 0 Å². The number of carbonyl (C=O) groups is 1. The topological polar surface area (TPSA) is 42.0 Å². The smallest absolute Gasteiger partial charge is 0.270 e. The molecular formula is C13H17ClN2O. The predicted molar refractivity (Wildman–Crippen MR) is 68.1 cm³/mol. The Morgan fingerprint density at radius 1 is 1.41 bits per heavy atom. The number of amides is 1. The van der Waals surface area contributed by atoms with Crippen molar-refractivity contribution in [3.8, 4) is 0 Å². The molecule has 0 saturated heterocycles. The summed E-state index contributed by atoms with van der Waals surface area (Å²) in [5.74, 6) is 0.666. The second kappa shape index (κ2) is 5.50. The molecule has 0 atom stereocenters. The lowest BCUT2D eigenvalue weighted by Gasteiger charge is -2.26. The number of hydrogen-bond acceptors (Lipinski definition) is 2. The molecule has 1 N–H and O–H groups in total. The average Bonchev–Trinajstić information content (AvgIpc) is 2.32. The molecule has 1 fully saturated rings. The van der Waals surface area contributed by atoms with E-state index >= 15 is 0 Å². The van der Waals surface area contributed by atoms with Crippen LogP contribution in [-0.4, -0.2) is 16.9 Å². The van der Waals surface area contributed by atoms with Crippen LogP contribution < -0.4 is 5.32 Å². The predicted octanol–water partition coefficient (Wildman–Crippen LogP) is 3.04. The Balaban J connectivity index is 1.93. The van der Waals surface area contributed by atoms with Crippen molar-refractivity contribution in [1.29, 1.82) is 0 Å². The number of halogens is 1. The molecule has 0 aliphatic heterocycles. The molecule has 3 nitrogen and oxygen atoms in total. The van der Waals surface area contributed by atoms with Crippen LogP contribution in [0.4, 0.5) is 0 Å². The number of aromatic nitrogens is 1. The van der Waals surface area contributed by atoms with Crippen molar-refractivity contribution in [1.82, 2.24) is 10.3 Å². The Hall–Kier alpha value is -1.09. The zero-order valence-corrected chi connectivity index (χ0v) is 10.7. The number of hydrogen-bond donors (Lipinski definition) is 1. The van der Waals surface area contributed by atoms with Gasteiger partial charge in [-0.25, -0.2) is 0 Å². The van der Waals surface area contributed by atoms with Gasteiger partial charge in [0.15, 0.2) is 0 Å². The Kier molecular flexibility index (Phi) is 4.00. The molecule has 0 aromatic carbocycles. The highest BCUT2D eigenvalue weighted by Gasteiger charge is 2.20. The normalized spacial score (nSPS) is 24.4. The number of carbonyl (C=O) groups excluding carboxylic acids is 1. The summed E-state index contributed by atoms with van der Waals surface area (Å²) in [6, 6.07) is 3.56. The van der Waals surface area contributed by atoms with E-state index in [0.717, 1.165) is 18.8 Å². The molecular weight excluding hydrogens is 236 g/mol.